The monoisotopic (exact) mass is 263 g/mol. The van der Waals surface area contributed by atoms with Gasteiger partial charge >= 0.3 is 0 Å². The average molecular weight is 263 g/mol. The summed E-state index contributed by atoms with van der Waals surface area (Å²) in [7, 11) is 0. The molecule has 0 spiro atoms. The molecule has 20 heavy (non-hydrogen) atoms. The van der Waals surface area contributed by atoms with Crippen LogP contribution in [0.3, 0.4) is 0 Å². The van der Waals surface area contributed by atoms with Crippen LogP contribution < -0.4 is 0 Å². The van der Waals surface area contributed by atoms with E-state index in [2.05, 4.69) is 37.1 Å². The molecule has 2 aromatic carbocycles. The first-order chi connectivity index (χ1) is 9.70. The summed E-state index contributed by atoms with van der Waals surface area (Å²) >= 11 is 0. The first-order valence-corrected chi connectivity index (χ1v) is 6.94. The summed E-state index contributed by atoms with van der Waals surface area (Å²) in [6.07, 6.45) is 5.94. The lowest BCUT2D eigenvalue weighted by atomic mass is 9.99. The first kappa shape index (κ1) is 12.7. The molecule has 2 unspecified atom stereocenters. The Bertz CT molecular complexity index is 693. The van der Waals surface area contributed by atoms with Gasteiger partial charge in [0.15, 0.2) is 0 Å². The zero-order valence-corrected chi connectivity index (χ0v) is 11.5. The molecule has 1 fully saturated rings. The molecule has 2 atom stereocenters. The number of carbonyl (C=O) groups excluding carboxylic acids is 1. The molecule has 1 saturated heterocycles. The smallest absolute Gasteiger partial charge is 0.224 e. The van der Waals surface area contributed by atoms with Gasteiger partial charge in [-0.3, -0.25) is 4.79 Å². The molecule has 0 aromatic heterocycles. The number of amides is 1. The van der Waals surface area contributed by atoms with Gasteiger partial charge in [0, 0.05) is 18.9 Å². The van der Waals surface area contributed by atoms with Gasteiger partial charge in [-0.1, -0.05) is 42.5 Å². The fourth-order valence-corrected chi connectivity index (χ4v) is 3.00. The zero-order valence-electron chi connectivity index (χ0n) is 11.5. The fourth-order valence-electron chi connectivity index (χ4n) is 3.00. The number of terminal acetylenes is 1. The van der Waals surface area contributed by atoms with Gasteiger partial charge in [0.1, 0.15) is 0 Å². The predicted octanol–water partition coefficient (Wildman–Crippen LogP) is 3.38. The van der Waals surface area contributed by atoms with Crippen LogP contribution in [0.15, 0.2) is 42.5 Å². The van der Waals surface area contributed by atoms with Gasteiger partial charge in [-0.05, 0) is 23.3 Å². The number of likely N-dealkylation sites (tertiary alicyclic amines) is 1. The van der Waals surface area contributed by atoms with E-state index in [-0.39, 0.29) is 17.9 Å². The van der Waals surface area contributed by atoms with E-state index in [4.69, 9.17) is 6.42 Å². The van der Waals surface area contributed by atoms with E-state index in [0.717, 1.165) is 0 Å². The van der Waals surface area contributed by atoms with Crippen LogP contribution in [-0.4, -0.2) is 17.4 Å². The van der Waals surface area contributed by atoms with Crippen LogP contribution in [0.2, 0.25) is 0 Å². The molecular weight excluding hydrogens is 246 g/mol. The van der Waals surface area contributed by atoms with Gasteiger partial charge in [-0.25, -0.2) is 0 Å². The summed E-state index contributed by atoms with van der Waals surface area (Å²) in [6, 6.07) is 14.6. The van der Waals surface area contributed by atoms with Gasteiger partial charge in [-0.2, -0.15) is 0 Å². The second-order valence-electron chi connectivity index (χ2n) is 5.36. The summed E-state index contributed by atoms with van der Waals surface area (Å²) in [5.41, 5.74) is 1.19. The van der Waals surface area contributed by atoms with Crippen molar-refractivity contribution in [2.75, 3.05) is 6.54 Å². The van der Waals surface area contributed by atoms with E-state index in [1.54, 1.807) is 0 Å². The maximum atomic E-state index is 12.1. The Morgan fingerprint density at radius 1 is 1.25 bits per heavy atom. The minimum Gasteiger partial charge on any atom is -0.335 e. The Balaban J connectivity index is 1.99. The van der Waals surface area contributed by atoms with Crippen molar-refractivity contribution in [3.63, 3.8) is 0 Å². The van der Waals surface area contributed by atoms with Crippen molar-refractivity contribution in [1.29, 1.82) is 0 Å². The number of nitrogens with zero attached hydrogens (tertiary/aromatic N) is 1. The predicted molar refractivity (Wildman–Crippen MR) is 81.0 cm³/mol. The third-order valence-corrected chi connectivity index (χ3v) is 4.14. The Kier molecular flexibility index (Phi) is 3.20. The zero-order chi connectivity index (χ0) is 14.1. The number of carbonyl (C=O) groups is 1. The third-order valence-electron chi connectivity index (χ3n) is 4.14. The van der Waals surface area contributed by atoms with Crippen LogP contribution >= 0.6 is 0 Å². The lowest BCUT2D eigenvalue weighted by Crippen LogP contribution is -2.28. The van der Waals surface area contributed by atoms with E-state index in [1.165, 1.54) is 16.3 Å². The molecule has 0 N–H and O–H groups in total. The Hall–Kier alpha value is -2.27. The third kappa shape index (κ3) is 2.06. The summed E-state index contributed by atoms with van der Waals surface area (Å²) in [5, 5.41) is 2.41. The lowest BCUT2D eigenvalue weighted by molar-refractivity contribution is -0.129. The van der Waals surface area contributed by atoms with E-state index < -0.39 is 0 Å². The molecule has 0 saturated carbocycles. The molecular formula is C18H17NO. The highest BCUT2D eigenvalue weighted by Gasteiger charge is 2.32. The van der Waals surface area contributed by atoms with Gasteiger partial charge in [0.25, 0.3) is 0 Å². The van der Waals surface area contributed by atoms with Gasteiger partial charge in [0.2, 0.25) is 5.91 Å². The molecule has 2 aromatic rings. The second-order valence-corrected chi connectivity index (χ2v) is 5.36. The van der Waals surface area contributed by atoms with Crippen LogP contribution in [0.1, 0.15) is 24.9 Å². The molecule has 1 aliphatic rings. The number of hydrogen-bond acceptors (Lipinski definition) is 1. The number of rotatable bonds is 2. The number of hydrogen-bond donors (Lipinski definition) is 0. The summed E-state index contributed by atoms with van der Waals surface area (Å²) < 4.78 is 0. The molecule has 2 heteroatoms. The molecule has 2 nitrogen and oxygen atoms in total. The molecule has 0 bridgehead atoms. The molecule has 0 radical (unpaired) electrons. The van der Waals surface area contributed by atoms with Crippen molar-refractivity contribution in [1.82, 2.24) is 4.90 Å². The van der Waals surface area contributed by atoms with Crippen LogP contribution in [-0.2, 0) is 4.79 Å². The standard InChI is InChI=1S/C18H17NO/c1-3-14-11-18(20)19(12-14)13(2)16-10-6-8-15-7-4-5-9-17(15)16/h1,4-10,13-14H,11-12H2,2H3. The van der Waals surface area contributed by atoms with Crippen LogP contribution in [0, 0.1) is 18.3 Å². The van der Waals surface area contributed by atoms with Crippen molar-refractivity contribution in [2.24, 2.45) is 5.92 Å². The minimum absolute atomic E-state index is 0.0555. The minimum atomic E-state index is 0.0555. The summed E-state index contributed by atoms with van der Waals surface area (Å²) in [6.45, 7) is 2.75. The Morgan fingerprint density at radius 3 is 2.75 bits per heavy atom. The van der Waals surface area contributed by atoms with Crippen LogP contribution in [0.25, 0.3) is 10.8 Å². The summed E-state index contributed by atoms with van der Waals surface area (Å²) in [5.74, 6) is 2.92. The van der Waals surface area contributed by atoms with Crippen molar-refractivity contribution >= 4 is 16.7 Å². The van der Waals surface area contributed by atoms with E-state index >= 15 is 0 Å². The average Bonchev–Trinajstić information content (AvgIpc) is 2.87. The largest absolute Gasteiger partial charge is 0.335 e. The number of fused-ring (bicyclic) bond motifs is 1. The molecule has 1 amide bonds. The SMILES string of the molecule is C#CC1CC(=O)N(C(C)c2cccc3ccccc23)C1. The van der Waals surface area contributed by atoms with Crippen molar-refractivity contribution < 1.29 is 4.79 Å². The second kappa shape index (κ2) is 5.02. The van der Waals surface area contributed by atoms with Gasteiger partial charge in [0.05, 0.1) is 6.04 Å². The van der Waals surface area contributed by atoms with Crippen molar-refractivity contribution in [3.8, 4) is 12.3 Å². The maximum Gasteiger partial charge on any atom is 0.224 e. The van der Waals surface area contributed by atoms with Crippen LogP contribution in [0.5, 0.6) is 0 Å². The van der Waals surface area contributed by atoms with Gasteiger partial charge in [-0.15, -0.1) is 12.3 Å². The van der Waals surface area contributed by atoms with E-state index in [0.29, 0.717) is 13.0 Å². The highest BCUT2D eigenvalue weighted by molar-refractivity contribution is 5.87. The topological polar surface area (TPSA) is 20.3 Å². The fraction of sp³-hybridized carbons (Fsp3) is 0.278. The molecule has 3 rings (SSSR count). The molecule has 100 valence electrons. The first-order valence-electron chi connectivity index (χ1n) is 6.94. The van der Waals surface area contributed by atoms with Crippen molar-refractivity contribution in [3.05, 3.63) is 48.0 Å². The molecule has 1 heterocycles. The Labute approximate surface area is 119 Å². The Morgan fingerprint density at radius 2 is 2.00 bits per heavy atom. The van der Waals surface area contributed by atoms with E-state index in [9.17, 15) is 4.79 Å². The van der Waals surface area contributed by atoms with Gasteiger partial charge < -0.3 is 4.90 Å². The van der Waals surface area contributed by atoms with E-state index in [1.807, 2.05) is 23.1 Å². The highest BCUT2D eigenvalue weighted by atomic mass is 16.2. The highest BCUT2D eigenvalue weighted by Crippen LogP contribution is 2.32. The molecule has 0 aliphatic carbocycles. The van der Waals surface area contributed by atoms with Crippen LogP contribution in [0.4, 0.5) is 0 Å². The quantitative estimate of drug-likeness (QED) is 0.761. The normalized spacial score (nSPS) is 20.1. The lowest BCUT2D eigenvalue weighted by Gasteiger charge is -2.26. The van der Waals surface area contributed by atoms with Crippen molar-refractivity contribution in [2.45, 2.75) is 19.4 Å². The molecule has 1 aliphatic heterocycles. The number of benzene rings is 2. The summed E-state index contributed by atoms with van der Waals surface area (Å²) in [4.78, 5) is 14.0. The maximum absolute atomic E-state index is 12.1.